The molecule has 4 rings (SSSR count). The number of aryl methyl sites for hydroxylation is 1. The lowest BCUT2D eigenvalue weighted by molar-refractivity contribution is 0.0997. The minimum absolute atomic E-state index is 0.0737. The molecular weight excluding hydrogens is 382 g/mol. The Morgan fingerprint density at radius 3 is 2.63 bits per heavy atom. The van der Waals surface area contributed by atoms with Crippen LogP contribution in [0.25, 0.3) is 11.0 Å². The molecule has 2 heterocycles. The number of anilines is 1. The molecule has 0 aliphatic heterocycles. The van der Waals surface area contributed by atoms with Gasteiger partial charge in [-0.3, -0.25) is 14.3 Å². The second kappa shape index (κ2) is 7.87. The van der Waals surface area contributed by atoms with Gasteiger partial charge in [-0.05, 0) is 31.5 Å². The highest BCUT2D eigenvalue weighted by atomic mass is 16.5. The van der Waals surface area contributed by atoms with Gasteiger partial charge in [0.1, 0.15) is 11.3 Å². The van der Waals surface area contributed by atoms with Gasteiger partial charge >= 0.3 is 0 Å². The fourth-order valence-corrected chi connectivity index (χ4v) is 3.34. The van der Waals surface area contributed by atoms with E-state index in [-0.39, 0.29) is 11.2 Å². The van der Waals surface area contributed by atoms with Crippen molar-refractivity contribution in [2.75, 3.05) is 12.4 Å². The summed E-state index contributed by atoms with van der Waals surface area (Å²) in [4.78, 5) is 25.2. The molecule has 0 saturated carbocycles. The Labute approximate surface area is 172 Å². The van der Waals surface area contributed by atoms with Gasteiger partial charge in [0.2, 0.25) is 0 Å². The van der Waals surface area contributed by atoms with Crippen LogP contribution in [0, 0.1) is 13.8 Å². The first kappa shape index (κ1) is 19.4. The molecule has 0 atom stereocenters. The standard InChI is InChI=1S/C23H21N3O4/c1-14-22(15(2)26(25-14)13-16-7-5-4-6-8-16)24-23(28)21-12-19(27)18-10-9-17(29-3)11-20(18)30-21/h4-12H,13H2,1-3H3,(H,24,28). The van der Waals surface area contributed by atoms with Crippen LogP contribution in [0.5, 0.6) is 5.75 Å². The molecular formula is C23H21N3O4. The molecule has 0 fully saturated rings. The van der Waals surface area contributed by atoms with Crippen molar-refractivity contribution in [2.24, 2.45) is 0 Å². The average Bonchev–Trinajstić information content (AvgIpc) is 3.01. The number of benzene rings is 2. The highest BCUT2D eigenvalue weighted by molar-refractivity contribution is 6.03. The van der Waals surface area contributed by atoms with Gasteiger partial charge < -0.3 is 14.5 Å². The van der Waals surface area contributed by atoms with Gasteiger partial charge in [0, 0.05) is 12.1 Å². The zero-order valence-corrected chi connectivity index (χ0v) is 16.9. The number of methoxy groups -OCH3 is 1. The largest absolute Gasteiger partial charge is 0.497 e. The van der Waals surface area contributed by atoms with Crippen LogP contribution >= 0.6 is 0 Å². The fraction of sp³-hybridized carbons (Fsp3) is 0.174. The zero-order valence-electron chi connectivity index (χ0n) is 16.9. The molecule has 30 heavy (non-hydrogen) atoms. The Morgan fingerprint density at radius 1 is 1.13 bits per heavy atom. The predicted octanol–water partition coefficient (Wildman–Crippen LogP) is 3.92. The lowest BCUT2D eigenvalue weighted by atomic mass is 10.2. The summed E-state index contributed by atoms with van der Waals surface area (Å²) in [7, 11) is 1.52. The lowest BCUT2D eigenvalue weighted by Gasteiger charge is -2.08. The Kier molecular flexibility index (Phi) is 5.10. The lowest BCUT2D eigenvalue weighted by Crippen LogP contribution is -2.16. The first-order chi connectivity index (χ1) is 14.5. The summed E-state index contributed by atoms with van der Waals surface area (Å²) in [6.07, 6.45) is 0. The molecule has 0 radical (unpaired) electrons. The smallest absolute Gasteiger partial charge is 0.291 e. The van der Waals surface area contributed by atoms with Gasteiger partial charge in [-0.2, -0.15) is 5.10 Å². The van der Waals surface area contributed by atoms with E-state index in [9.17, 15) is 9.59 Å². The number of nitrogens with zero attached hydrogens (tertiary/aromatic N) is 2. The molecule has 0 bridgehead atoms. The van der Waals surface area contributed by atoms with Crippen LogP contribution in [0.4, 0.5) is 5.69 Å². The third kappa shape index (κ3) is 3.69. The summed E-state index contributed by atoms with van der Waals surface area (Å²) in [5, 5.41) is 7.76. The van der Waals surface area contributed by atoms with Gasteiger partial charge in [0.05, 0.1) is 36.1 Å². The van der Waals surface area contributed by atoms with E-state index in [2.05, 4.69) is 10.4 Å². The maximum atomic E-state index is 12.8. The number of rotatable bonds is 5. The molecule has 152 valence electrons. The fourth-order valence-electron chi connectivity index (χ4n) is 3.34. The minimum Gasteiger partial charge on any atom is -0.497 e. The van der Waals surface area contributed by atoms with E-state index in [0.29, 0.717) is 34.6 Å². The zero-order chi connectivity index (χ0) is 21.3. The monoisotopic (exact) mass is 403 g/mol. The van der Waals surface area contributed by atoms with E-state index < -0.39 is 5.91 Å². The topological polar surface area (TPSA) is 86.4 Å². The molecule has 7 heteroatoms. The first-order valence-electron chi connectivity index (χ1n) is 9.47. The van der Waals surface area contributed by atoms with E-state index in [1.807, 2.05) is 48.9 Å². The Hall–Kier alpha value is -3.87. The maximum absolute atomic E-state index is 12.8. The number of hydrogen-bond donors (Lipinski definition) is 1. The molecule has 4 aromatic rings. The van der Waals surface area contributed by atoms with Crippen LogP contribution in [-0.4, -0.2) is 22.8 Å². The van der Waals surface area contributed by atoms with E-state index in [1.165, 1.54) is 13.2 Å². The van der Waals surface area contributed by atoms with Crippen LogP contribution in [0.3, 0.4) is 0 Å². The summed E-state index contributed by atoms with van der Waals surface area (Å²) in [5.41, 5.74) is 3.20. The molecule has 1 amide bonds. The summed E-state index contributed by atoms with van der Waals surface area (Å²) < 4.78 is 12.7. The Bertz CT molecular complexity index is 1290. The number of amides is 1. The summed E-state index contributed by atoms with van der Waals surface area (Å²) in [5.74, 6) is -0.0465. The summed E-state index contributed by atoms with van der Waals surface area (Å²) >= 11 is 0. The van der Waals surface area contributed by atoms with E-state index >= 15 is 0 Å². The number of carbonyl (C=O) groups is 1. The van der Waals surface area contributed by atoms with Crippen molar-refractivity contribution >= 4 is 22.6 Å². The third-order valence-electron chi connectivity index (χ3n) is 4.96. The number of fused-ring (bicyclic) bond motifs is 1. The van der Waals surface area contributed by atoms with Crippen LogP contribution in [0.1, 0.15) is 27.5 Å². The minimum atomic E-state index is -0.512. The summed E-state index contributed by atoms with van der Waals surface area (Å²) in [6.45, 7) is 4.31. The second-order valence-electron chi connectivity index (χ2n) is 6.98. The van der Waals surface area contributed by atoms with Crippen molar-refractivity contribution in [3.63, 3.8) is 0 Å². The molecule has 0 unspecified atom stereocenters. The molecule has 2 aromatic heterocycles. The van der Waals surface area contributed by atoms with Crippen molar-refractivity contribution in [2.45, 2.75) is 20.4 Å². The predicted molar refractivity (Wildman–Crippen MR) is 114 cm³/mol. The molecule has 0 spiro atoms. The third-order valence-corrected chi connectivity index (χ3v) is 4.96. The number of carbonyl (C=O) groups excluding carboxylic acids is 1. The van der Waals surface area contributed by atoms with Crippen molar-refractivity contribution in [1.29, 1.82) is 0 Å². The SMILES string of the molecule is COc1ccc2c(=O)cc(C(=O)Nc3c(C)nn(Cc4ccccc4)c3C)oc2c1. The first-order valence-corrected chi connectivity index (χ1v) is 9.47. The van der Waals surface area contributed by atoms with Crippen LogP contribution in [0.2, 0.25) is 0 Å². The highest BCUT2D eigenvalue weighted by Gasteiger charge is 2.18. The van der Waals surface area contributed by atoms with Crippen LogP contribution in [0.15, 0.2) is 63.8 Å². The summed E-state index contributed by atoms with van der Waals surface area (Å²) in [6, 6.07) is 16.0. The van der Waals surface area contributed by atoms with Crippen LogP contribution in [-0.2, 0) is 6.54 Å². The van der Waals surface area contributed by atoms with E-state index in [1.54, 1.807) is 18.2 Å². The average molecular weight is 403 g/mol. The van der Waals surface area contributed by atoms with Gasteiger partial charge in [-0.25, -0.2) is 0 Å². The molecule has 0 aliphatic rings. The normalized spacial score (nSPS) is 10.9. The Balaban J connectivity index is 1.63. The van der Waals surface area contributed by atoms with Gasteiger partial charge in [0.15, 0.2) is 11.2 Å². The molecule has 2 aromatic carbocycles. The maximum Gasteiger partial charge on any atom is 0.291 e. The van der Waals surface area contributed by atoms with E-state index in [0.717, 1.165) is 11.3 Å². The molecule has 1 N–H and O–H groups in total. The quantitative estimate of drug-likeness (QED) is 0.546. The van der Waals surface area contributed by atoms with E-state index in [4.69, 9.17) is 9.15 Å². The van der Waals surface area contributed by atoms with Gasteiger partial charge in [0.25, 0.3) is 5.91 Å². The number of aromatic nitrogens is 2. The second-order valence-corrected chi connectivity index (χ2v) is 6.98. The molecule has 7 nitrogen and oxygen atoms in total. The highest BCUT2D eigenvalue weighted by Crippen LogP contribution is 2.23. The van der Waals surface area contributed by atoms with Crippen molar-refractivity contribution in [3.05, 3.63) is 87.5 Å². The van der Waals surface area contributed by atoms with Crippen molar-refractivity contribution in [3.8, 4) is 5.75 Å². The Morgan fingerprint density at radius 2 is 1.90 bits per heavy atom. The van der Waals surface area contributed by atoms with Crippen molar-refractivity contribution in [1.82, 2.24) is 9.78 Å². The van der Waals surface area contributed by atoms with Gasteiger partial charge in [-0.1, -0.05) is 30.3 Å². The number of ether oxygens (including phenoxy) is 1. The molecule has 0 aliphatic carbocycles. The number of hydrogen-bond acceptors (Lipinski definition) is 5. The van der Waals surface area contributed by atoms with Crippen molar-refractivity contribution < 1.29 is 13.9 Å². The van der Waals surface area contributed by atoms with Gasteiger partial charge in [-0.15, -0.1) is 0 Å². The molecule has 0 saturated heterocycles. The number of nitrogens with one attached hydrogen (secondary N) is 1. The van der Waals surface area contributed by atoms with Crippen LogP contribution < -0.4 is 15.5 Å².